The number of aryl methyl sites for hydroxylation is 1. The quantitative estimate of drug-likeness (QED) is 0.835. The molecule has 1 unspecified atom stereocenters. The molecule has 1 aliphatic heterocycles. The fourth-order valence-electron chi connectivity index (χ4n) is 3.25. The second-order valence-corrected chi connectivity index (χ2v) is 6.39. The number of rotatable bonds is 6. The Hall–Kier alpha value is -3.15. The lowest BCUT2D eigenvalue weighted by Gasteiger charge is -2.22. The second-order valence-electron chi connectivity index (χ2n) is 6.39. The summed E-state index contributed by atoms with van der Waals surface area (Å²) in [6, 6.07) is 14.0. The molecule has 2 aromatic rings. The first-order chi connectivity index (χ1) is 12.5. The molecule has 1 aliphatic rings. The van der Waals surface area contributed by atoms with Crippen LogP contribution in [0.2, 0.25) is 0 Å². The lowest BCUT2D eigenvalue weighted by Crippen LogP contribution is -2.39. The molecular weight excluding hydrogens is 332 g/mol. The predicted molar refractivity (Wildman–Crippen MR) is 95.5 cm³/mol. The minimum atomic E-state index is -0.997. The Morgan fingerprint density at radius 3 is 2.54 bits per heavy atom. The lowest BCUT2D eigenvalue weighted by molar-refractivity contribution is -0.137. The first kappa shape index (κ1) is 17.7. The average Bonchev–Trinajstić information content (AvgIpc) is 2.90. The summed E-state index contributed by atoms with van der Waals surface area (Å²) < 4.78 is 0. The van der Waals surface area contributed by atoms with E-state index in [1.807, 2.05) is 37.3 Å². The number of nitrogens with zero attached hydrogens (tertiary/aromatic N) is 1. The molecular formula is C20H20N2O4. The molecule has 0 aromatic heterocycles. The maximum Gasteiger partial charge on any atom is 0.305 e. The van der Waals surface area contributed by atoms with Crippen molar-refractivity contribution >= 4 is 17.8 Å². The largest absolute Gasteiger partial charge is 0.481 e. The summed E-state index contributed by atoms with van der Waals surface area (Å²) in [6.07, 6.45) is -0.217. The minimum absolute atomic E-state index is 0.102. The van der Waals surface area contributed by atoms with Crippen molar-refractivity contribution < 1.29 is 19.5 Å². The number of hydrogen-bond acceptors (Lipinski definition) is 3. The van der Waals surface area contributed by atoms with Crippen LogP contribution in [-0.2, 0) is 16.1 Å². The van der Waals surface area contributed by atoms with Gasteiger partial charge in [-0.15, -0.1) is 0 Å². The van der Waals surface area contributed by atoms with Gasteiger partial charge >= 0.3 is 5.97 Å². The molecule has 0 saturated carbocycles. The third-order valence-electron chi connectivity index (χ3n) is 4.51. The molecule has 26 heavy (non-hydrogen) atoms. The van der Waals surface area contributed by atoms with E-state index < -0.39 is 12.0 Å². The predicted octanol–water partition coefficient (Wildman–Crippen LogP) is 2.28. The van der Waals surface area contributed by atoms with Crippen molar-refractivity contribution in [1.82, 2.24) is 10.2 Å². The number of benzene rings is 2. The van der Waals surface area contributed by atoms with Gasteiger partial charge in [-0.3, -0.25) is 14.4 Å². The monoisotopic (exact) mass is 352 g/mol. The topological polar surface area (TPSA) is 86.7 Å². The van der Waals surface area contributed by atoms with Crippen LogP contribution in [0.1, 0.15) is 39.5 Å². The molecule has 6 nitrogen and oxygen atoms in total. The molecule has 2 aromatic carbocycles. The number of carboxylic acid groups (broad SMARTS) is 1. The Morgan fingerprint density at radius 2 is 1.85 bits per heavy atom. The average molecular weight is 352 g/mol. The molecule has 2 N–H and O–H groups in total. The fraction of sp³-hybridized carbons (Fsp3) is 0.250. The zero-order valence-corrected chi connectivity index (χ0v) is 14.4. The van der Waals surface area contributed by atoms with E-state index in [0.29, 0.717) is 12.1 Å². The van der Waals surface area contributed by atoms with Gasteiger partial charge in [-0.05, 0) is 29.7 Å². The van der Waals surface area contributed by atoms with Crippen molar-refractivity contribution in [2.24, 2.45) is 0 Å². The number of nitrogens with one attached hydrogen (secondary N) is 1. The van der Waals surface area contributed by atoms with Crippen LogP contribution in [0.5, 0.6) is 0 Å². The highest BCUT2D eigenvalue weighted by Crippen LogP contribution is 2.23. The van der Waals surface area contributed by atoms with Crippen molar-refractivity contribution in [2.75, 3.05) is 6.54 Å². The van der Waals surface area contributed by atoms with Crippen molar-refractivity contribution in [1.29, 1.82) is 0 Å². The molecule has 0 fully saturated rings. The van der Waals surface area contributed by atoms with E-state index in [4.69, 9.17) is 0 Å². The van der Waals surface area contributed by atoms with Crippen LogP contribution in [0, 0.1) is 6.92 Å². The second kappa shape index (κ2) is 7.39. The van der Waals surface area contributed by atoms with Gasteiger partial charge in [-0.1, -0.05) is 42.5 Å². The van der Waals surface area contributed by atoms with Gasteiger partial charge < -0.3 is 15.3 Å². The van der Waals surface area contributed by atoms with Gasteiger partial charge in [0.05, 0.1) is 12.5 Å². The van der Waals surface area contributed by atoms with Crippen molar-refractivity contribution in [3.63, 3.8) is 0 Å². The van der Waals surface area contributed by atoms with E-state index in [0.717, 1.165) is 16.7 Å². The van der Waals surface area contributed by atoms with Gasteiger partial charge in [0.15, 0.2) is 0 Å². The van der Waals surface area contributed by atoms with Gasteiger partial charge in [0, 0.05) is 12.1 Å². The van der Waals surface area contributed by atoms with Crippen LogP contribution < -0.4 is 5.32 Å². The lowest BCUT2D eigenvalue weighted by atomic mass is 9.99. The molecule has 0 aliphatic carbocycles. The van der Waals surface area contributed by atoms with Crippen molar-refractivity contribution in [3.8, 4) is 0 Å². The molecule has 0 radical (unpaired) electrons. The summed E-state index contributed by atoms with van der Waals surface area (Å²) in [5.41, 5.74) is 3.18. The number of carboxylic acids is 1. The van der Waals surface area contributed by atoms with Crippen LogP contribution in [0.4, 0.5) is 0 Å². The summed E-state index contributed by atoms with van der Waals surface area (Å²) in [4.78, 5) is 37.5. The molecule has 0 spiro atoms. The Balaban J connectivity index is 1.70. The zero-order chi connectivity index (χ0) is 18.7. The Kier molecular flexibility index (Phi) is 5.02. The minimum Gasteiger partial charge on any atom is -0.481 e. The van der Waals surface area contributed by atoms with Gasteiger partial charge in [0.1, 0.15) is 6.54 Å². The molecule has 1 heterocycles. The highest BCUT2D eigenvalue weighted by molar-refractivity contribution is 6.00. The Morgan fingerprint density at radius 1 is 1.15 bits per heavy atom. The van der Waals surface area contributed by atoms with Gasteiger partial charge in [0.2, 0.25) is 5.91 Å². The van der Waals surface area contributed by atoms with Crippen LogP contribution in [-0.4, -0.2) is 34.3 Å². The van der Waals surface area contributed by atoms with Crippen LogP contribution in [0.15, 0.2) is 48.5 Å². The number of hydrogen-bond donors (Lipinski definition) is 2. The first-order valence-electron chi connectivity index (χ1n) is 8.39. The number of aliphatic carboxylic acids is 1. The summed E-state index contributed by atoms with van der Waals surface area (Å²) in [5, 5.41) is 11.9. The van der Waals surface area contributed by atoms with E-state index in [-0.39, 0.29) is 24.8 Å². The maximum atomic E-state index is 12.5. The van der Waals surface area contributed by atoms with E-state index in [9.17, 15) is 19.5 Å². The zero-order valence-electron chi connectivity index (χ0n) is 14.4. The summed E-state index contributed by atoms with van der Waals surface area (Å²) in [6.45, 7) is 2.16. The van der Waals surface area contributed by atoms with E-state index in [2.05, 4.69) is 5.32 Å². The van der Waals surface area contributed by atoms with Crippen LogP contribution >= 0.6 is 0 Å². The van der Waals surface area contributed by atoms with E-state index in [1.54, 1.807) is 18.2 Å². The molecule has 1 atom stereocenters. The van der Waals surface area contributed by atoms with Gasteiger partial charge in [-0.2, -0.15) is 0 Å². The number of fused-ring (bicyclic) bond motifs is 1. The van der Waals surface area contributed by atoms with E-state index >= 15 is 0 Å². The molecule has 6 heteroatoms. The highest BCUT2D eigenvalue weighted by atomic mass is 16.4. The van der Waals surface area contributed by atoms with Gasteiger partial charge in [-0.25, -0.2) is 0 Å². The number of carbonyl (C=O) groups is 3. The third kappa shape index (κ3) is 3.74. The molecule has 2 amide bonds. The molecule has 3 rings (SSSR count). The fourth-order valence-corrected chi connectivity index (χ4v) is 3.25. The SMILES string of the molecule is Cc1ccccc1C(CC(=O)O)NC(=O)CN1Cc2ccccc2C1=O. The highest BCUT2D eigenvalue weighted by Gasteiger charge is 2.29. The first-order valence-corrected chi connectivity index (χ1v) is 8.39. The normalized spacial score (nSPS) is 14.0. The molecule has 0 saturated heterocycles. The standard InChI is InChI=1S/C20H20N2O4/c1-13-6-2-4-8-15(13)17(10-19(24)25)21-18(23)12-22-11-14-7-3-5-9-16(14)20(22)26/h2-9,17H,10-12H2,1H3,(H,21,23)(H,24,25). The van der Waals surface area contributed by atoms with Crippen LogP contribution in [0.3, 0.4) is 0 Å². The summed E-state index contributed by atoms with van der Waals surface area (Å²) in [5.74, 6) is -1.55. The summed E-state index contributed by atoms with van der Waals surface area (Å²) in [7, 11) is 0. The number of carbonyl (C=O) groups excluding carboxylic acids is 2. The van der Waals surface area contributed by atoms with Crippen molar-refractivity contribution in [2.45, 2.75) is 25.9 Å². The third-order valence-corrected chi connectivity index (χ3v) is 4.51. The van der Waals surface area contributed by atoms with Crippen molar-refractivity contribution in [3.05, 3.63) is 70.8 Å². The molecule has 134 valence electrons. The number of amides is 2. The Labute approximate surface area is 151 Å². The molecule has 0 bridgehead atoms. The smallest absolute Gasteiger partial charge is 0.305 e. The maximum absolute atomic E-state index is 12.5. The summed E-state index contributed by atoms with van der Waals surface area (Å²) >= 11 is 0. The van der Waals surface area contributed by atoms with E-state index in [1.165, 1.54) is 4.90 Å². The van der Waals surface area contributed by atoms with Crippen LogP contribution in [0.25, 0.3) is 0 Å². The Bertz CT molecular complexity index is 862. The van der Waals surface area contributed by atoms with Gasteiger partial charge in [0.25, 0.3) is 5.91 Å².